The van der Waals surface area contributed by atoms with Crippen molar-refractivity contribution in [2.75, 3.05) is 0 Å². The summed E-state index contributed by atoms with van der Waals surface area (Å²) in [5.74, 6) is 0.465. The molecule has 0 bridgehead atoms. The molecule has 64 valence electrons. The molecule has 0 spiro atoms. The van der Waals surface area contributed by atoms with Crippen LogP contribution in [0.3, 0.4) is 0 Å². The average molecular weight is 183 g/mol. The average Bonchev–Trinajstić information content (AvgIpc) is 2.28. The Kier molecular flexibility index (Phi) is 1.85. The largest absolute Gasteiger partial charge is 0.388 e. The van der Waals surface area contributed by atoms with Gasteiger partial charge in [-0.05, 0) is 35.6 Å². The molecule has 2 rings (SSSR count). The zero-order valence-corrected chi connectivity index (χ0v) is 7.67. The Bertz CT molecular complexity index is 309. The van der Waals surface area contributed by atoms with Gasteiger partial charge in [0.15, 0.2) is 0 Å². The number of aliphatic hydroxyl groups is 1. The number of rotatable bonds is 0. The van der Waals surface area contributed by atoms with E-state index in [2.05, 4.69) is 6.92 Å². The lowest BCUT2D eigenvalue weighted by atomic mass is 10.0. The van der Waals surface area contributed by atoms with Crippen molar-refractivity contribution in [1.82, 2.24) is 0 Å². The molecule has 1 nitrogen and oxygen atoms in total. The minimum Gasteiger partial charge on any atom is -0.388 e. The minimum absolute atomic E-state index is 0.311. The van der Waals surface area contributed by atoms with Crippen LogP contribution < -0.4 is 0 Å². The number of hydrogen-bond acceptors (Lipinski definition) is 1. The van der Waals surface area contributed by atoms with Crippen LogP contribution in [-0.2, 0) is 0 Å². The highest BCUT2D eigenvalue weighted by molar-refractivity contribution is 6.30. The molecule has 2 heteroatoms. The topological polar surface area (TPSA) is 20.2 Å². The Morgan fingerprint density at radius 2 is 2.17 bits per heavy atom. The lowest BCUT2D eigenvalue weighted by molar-refractivity contribution is 0.174. The molecule has 0 amide bonds. The van der Waals surface area contributed by atoms with Gasteiger partial charge in [0.05, 0.1) is 6.10 Å². The Labute approximate surface area is 77.0 Å². The highest BCUT2D eigenvalue weighted by atomic mass is 35.5. The smallest absolute Gasteiger partial charge is 0.0799 e. The lowest BCUT2D eigenvalue weighted by Gasteiger charge is -2.03. The van der Waals surface area contributed by atoms with Gasteiger partial charge < -0.3 is 5.11 Å². The second-order valence-electron chi connectivity index (χ2n) is 3.43. The van der Waals surface area contributed by atoms with Gasteiger partial charge in [-0.3, -0.25) is 0 Å². The second kappa shape index (κ2) is 2.75. The van der Waals surface area contributed by atoms with Gasteiger partial charge in [0.1, 0.15) is 0 Å². The number of halogens is 1. The third kappa shape index (κ3) is 1.13. The fraction of sp³-hybridized carbons (Fsp3) is 0.400. The van der Waals surface area contributed by atoms with Crippen LogP contribution >= 0.6 is 11.6 Å². The van der Waals surface area contributed by atoms with E-state index in [4.69, 9.17) is 11.6 Å². The summed E-state index contributed by atoms with van der Waals surface area (Å²) in [5, 5.41) is 10.3. The number of benzene rings is 1. The summed E-state index contributed by atoms with van der Waals surface area (Å²) in [6.07, 6.45) is 0.518. The first kappa shape index (κ1) is 8.09. The number of hydrogen-bond donors (Lipinski definition) is 1. The second-order valence-corrected chi connectivity index (χ2v) is 3.86. The van der Waals surface area contributed by atoms with E-state index in [9.17, 15) is 5.11 Å². The third-order valence-electron chi connectivity index (χ3n) is 2.52. The first-order chi connectivity index (χ1) is 5.68. The van der Waals surface area contributed by atoms with Crippen LogP contribution in [0.25, 0.3) is 0 Å². The van der Waals surface area contributed by atoms with E-state index in [1.54, 1.807) is 0 Å². The first-order valence-electron chi connectivity index (χ1n) is 4.16. The van der Waals surface area contributed by atoms with Crippen molar-refractivity contribution < 1.29 is 5.11 Å². The van der Waals surface area contributed by atoms with Crippen molar-refractivity contribution in [3.63, 3.8) is 0 Å². The fourth-order valence-electron chi connectivity index (χ4n) is 1.87. The quantitative estimate of drug-likeness (QED) is 0.654. The molecule has 12 heavy (non-hydrogen) atoms. The summed E-state index contributed by atoms with van der Waals surface area (Å²) >= 11 is 5.83. The molecule has 0 aromatic heterocycles. The maximum Gasteiger partial charge on any atom is 0.0799 e. The molecule has 0 radical (unpaired) electrons. The zero-order valence-electron chi connectivity index (χ0n) is 6.92. The van der Waals surface area contributed by atoms with Gasteiger partial charge in [-0.25, -0.2) is 0 Å². The Hall–Kier alpha value is -0.530. The molecular formula is C10H11ClO. The SMILES string of the molecule is CC1CC(O)c2cc(Cl)ccc21. The van der Waals surface area contributed by atoms with Gasteiger partial charge in [-0.15, -0.1) is 0 Å². The van der Waals surface area contributed by atoms with E-state index >= 15 is 0 Å². The van der Waals surface area contributed by atoms with Crippen LogP contribution in [0.15, 0.2) is 18.2 Å². The maximum absolute atomic E-state index is 9.62. The molecule has 2 unspecified atom stereocenters. The third-order valence-corrected chi connectivity index (χ3v) is 2.75. The molecule has 1 aliphatic carbocycles. The van der Waals surface area contributed by atoms with Gasteiger partial charge in [0.25, 0.3) is 0 Å². The summed E-state index contributed by atoms with van der Waals surface area (Å²) in [5.41, 5.74) is 2.25. The van der Waals surface area contributed by atoms with Gasteiger partial charge in [0.2, 0.25) is 0 Å². The van der Waals surface area contributed by atoms with Crippen LogP contribution in [-0.4, -0.2) is 5.11 Å². The molecular weight excluding hydrogens is 172 g/mol. The van der Waals surface area contributed by atoms with E-state index < -0.39 is 0 Å². The Balaban J connectivity index is 2.53. The van der Waals surface area contributed by atoms with E-state index in [1.807, 2.05) is 18.2 Å². The van der Waals surface area contributed by atoms with Crippen molar-refractivity contribution in [3.8, 4) is 0 Å². The number of fused-ring (bicyclic) bond motifs is 1. The summed E-state index contributed by atoms with van der Waals surface area (Å²) in [7, 11) is 0. The van der Waals surface area contributed by atoms with Crippen molar-refractivity contribution in [1.29, 1.82) is 0 Å². The first-order valence-corrected chi connectivity index (χ1v) is 4.53. The highest BCUT2D eigenvalue weighted by Gasteiger charge is 2.26. The van der Waals surface area contributed by atoms with E-state index in [1.165, 1.54) is 5.56 Å². The molecule has 2 atom stereocenters. The van der Waals surface area contributed by atoms with E-state index in [-0.39, 0.29) is 6.10 Å². The molecule has 0 saturated carbocycles. The number of aliphatic hydroxyl groups excluding tert-OH is 1. The molecule has 1 N–H and O–H groups in total. The highest BCUT2D eigenvalue weighted by Crippen LogP contribution is 2.40. The standard InChI is InChI=1S/C10H11ClO/c1-6-4-10(12)9-5-7(11)2-3-8(6)9/h2-3,5-6,10,12H,4H2,1H3. The molecule has 1 aliphatic rings. The van der Waals surface area contributed by atoms with E-state index in [0.717, 1.165) is 12.0 Å². The Morgan fingerprint density at radius 1 is 1.42 bits per heavy atom. The van der Waals surface area contributed by atoms with Crippen LogP contribution in [0.2, 0.25) is 5.02 Å². The van der Waals surface area contributed by atoms with Crippen LogP contribution in [0.4, 0.5) is 0 Å². The van der Waals surface area contributed by atoms with E-state index in [0.29, 0.717) is 10.9 Å². The van der Waals surface area contributed by atoms with Gasteiger partial charge in [-0.2, -0.15) is 0 Å². The molecule has 1 aromatic rings. The van der Waals surface area contributed by atoms with Crippen LogP contribution in [0, 0.1) is 0 Å². The monoisotopic (exact) mass is 182 g/mol. The molecule has 0 saturated heterocycles. The van der Waals surface area contributed by atoms with Crippen molar-refractivity contribution in [3.05, 3.63) is 34.3 Å². The summed E-state index contributed by atoms with van der Waals surface area (Å²) in [6.45, 7) is 2.13. The Morgan fingerprint density at radius 3 is 2.92 bits per heavy atom. The van der Waals surface area contributed by atoms with Crippen LogP contribution in [0.1, 0.15) is 36.5 Å². The fourth-order valence-corrected chi connectivity index (χ4v) is 2.05. The van der Waals surface area contributed by atoms with Gasteiger partial charge >= 0.3 is 0 Å². The summed E-state index contributed by atoms with van der Waals surface area (Å²) in [4.78, 5) is 0. The zero-order chi connectivity index (χ0) is 8.72. The van der Waals surface area contributed by atoms with Gasteiger partial charge in [0, 0.05) is 5.02 Å². The molecule has 0 fully saturated rings. The molecule has 0 aliphatic heterocycles. The van der Waals surface area contributed by atoms with Crippen molar-refractivity contribution in [2.24, 2.45) is 0 Å². The minimum atomic E-state index is -0.311. The van der Waals surface area contributed by atoms with Crippen molar-refractivity contribution in [2.45, 2.75) is 25.4 Å². The summed E-state index contributed by atoms with van der Waals surface area (Å²) < 4.78 is 0. The summed E-state index contributed by atoms with van der Waals surface area (Å²) in [6, 6.07) is 5.76. The van der Waals surface area contributed by atoms with Gasteiger partial charge in [-0.1, -0.05) is 24.6 Å². The normalized spacial score (nSPS) is 27.2. The maximum atomic E-state index is 9.62. The lowest BCUT2D eigenvalue weighted by Crippen LogP contribution is -1.89. The molecule has 1 aromatic carbocycles. The predicted octanol–water partition coefficient (Wildman–Crippen LogP) is 2.88. The van der Waals surface area contributed by atoms with Crippen molar-refractivity contribution >= 4 is 11.6 Å². The predicted molar refractivity (Wildman–Crippen MR) is 49.4 cm³/mol. The molecule has 0 heterocycles. The van der Waals surface area contributed by atoms with Crippen LogP contribution in [0.5, 0.6) is 0 Å².